The van der Waals surface area contributed by atoms with Gasteiger partial charge in [-0.15, -0.1) is 12.6 Å². The molecule has 0 spiro atoms. The summed E-state index contributed by atoms with van der Waals surface area (Å²) in [6.45, 7) is 6.77. The van der Waals surface area contributed by atoms with Crippen molar-refractivity contribution in [1.82, 2.24) is 0 Å². The minimum absolute atomic E-state index is 0.00596. The van der Waals surface area contributed by atoms with Crippen molar-refractivity contribution >= 4 is 18.6 Å². The van der Waals surface area contributed by atoms with E-state index >= 15 is 0 Å². The molecule has 0 radical (unpaired) electrons. The van der Waals surface area contributed by atoms with Crippen LogP contribution in [0.3, 0.4) is 0 Å². The molecule has 4 aliphatic carbocycles. The van der Waals surface area contributed by atoms with Gasteiger partial charge in [-0.25, -0.2) is 4.79 Å². The first kappa shape index (κ1) is 22.2. The maximum Gasteiger partial charge on any atom is 0.331 e. The molecular weight excluding hydrogens is 412 g/mol. The van der Waals surface area contributed by atoms with E-state index in [1.807, 2.05) is 6.92 Å². The Kier molecular flexibility index (Phi) is 5.36. The highest BCUT2D eigenvalue weighted by atomic mass is 32.1. The molecule has 5 nitrogen and oxygen atoms in total. The van der Waals surface area contributed by atoms with Crippen LogP contribution in [0.5, 0.6) is 0 Å². The fourth-order valence-electron chi connectivity index (χ4n) is 8.75. The summed E-state index contributed by atoms with van der Waals surface area (Å²) in [5, 5.41) is 23.8. The van der Waals surface area contributed by atoms with Gasteiger partial charge in [0.1, 0.15) is 6.61 Å². The predicted molar refractivity (Wildman–Crippen MR) is 120 cm³/mol. The lowest BCUT2D eigenvalue weighted by Crippen LogP contribution is -2.67. The van der Waals surface area contributed by atoms with Gasteiger partial charge in [0, 0.05) is 11.5 Å². The zero-order valence-electron chi connectivity index (χ0n) is 19.0. The molecule has 6 heteroatoms. The van der Waals surface area contributed by atoms with Gasteiger partial charge in [-0.05, 0) is 93.0 Å². The van der Waals surface area contributed by atoms with Gasteiger partial charge in [0.25, 0.3) is 0 Å². The normalized spacial score (nSPS) is 52.6. The number of rotatable bonds is 3. The van der Waals surface area contributed by atoms with Crippen molar-refractivity contribution in [3.8, 4) is 0 Å². The van der Waals surface area contributed by atoms with Crippen LogP contribution < -0.4 is 0 Å². The highest BCUT2D eigenvalue weighted by Gasteiger charge is 2.70. The molecule has 174 valence electrons. The van der Waals surface area contributed by atoms with Crippen molar-refractivity contribution in [2.45, 2.75) is 95.4 Å². The molecule has 31 heavy (non-hydrogen) atoms. The molecule has 1 aliphatic heterocycles. The first-order chi connectivity index (χ1) is 14.6. The second-order valence-corrected chi connectivity index (χ2v) is 12.2. The average Bonchev–Trinajstić information content (AvgIpc) is 3.24. The van der Waals surface area contributed by atoms with Crippen LogP contribution in [0.4, 0.5) is 0 Å². The topological polar surface area (TPSA) is 76.0 Å². The Morgan fingerprint density at radius 3 is 2.61 bits per heavy atom. The van der Waals surface area contributed by atoms with E-state index in [1.54, 1.807) is 6.08 Å². The van der Waals surface area contributed by atoms with Gasteiger partial charge in [-0.3, -0.25) is 0 Å². The summed E-state index contributed by atoms with van der Waals surface area (Å²) in [4.78, 5) is 11.7. The molecule has 5 aliphatic rings. The Morgan fingerprint density at radius 1 is 1.16 bits per heavy atom. The molecule has 0 aromatic carbocycles. The van der Waals surface area contributed by atoms with Gasteiger partial charge in [0.2, 0.25) is 0 Å². The number of hydrogen-bond donors (Lipinski definition) is 3. The van der Waals surface area contributed by atoms with E-state index in [4.69, 9.17) is 9.47 Å². The molecule has 1 unspecified atom stereocenters. The standard InChI is InChI=1S/C25H38O5S/c1-14(31)30-17-6-8-23(2)16(11-17)4-5-19-20(23)12-21(26)24(3)18(7-9-25(19,24)28)15-10-22(27)29-13-15/h10,14,16-21,26,28,31H,4-9,11-13H2,1-3H3/t14?,16-,17+,18-,19-,20+,21-,23+,24+,25+/m1/s1. The molecule has 1 heterocycles. The molecule has 0 amide bonds. The van der Waals surface area contributed by atoms with Crippen LogP contribution in [-0.2, 0) is 14.3 Å². The molecule has 4 fully saturated rings. The van der Waals surface area contributed by atoms with Gasteiger partial charge in [-0.2, -0.15) is 0 Å². The molecular formula is C25H38O5S. The maximum atomic E-state index is 12.3. The number of hydrogen-bond acceptors (Lipinski definition) is 6. The number of aliphatic hydroxyl groups excluding tert-OH is 1. The van der Waals surface area contributed by atoms with Crippen molar-refractivity contribution < 1.29 is 24.5 Å². The average molecular weight is 451 g/mol. The second-order valence-electron chi connectivity index (χ2n) is 11.5. The van der Waals surface area contributed by atoms with Gasteiger partial charge in [0.15, 0.2) is 0 Å². The fourth-order valence-corrected chi connectivity index (χ4v) is 8.92. The number of cyclic esters (lactones) is 1. The van der Waals surface area contributed by atoms with Crippen molar-refractivity contribution in [2.75, 3.05) is 6.61 Å². The van der Waals surface area contributed by atoms with E-state index in [0.29, 0.717) is 24.9 Å². The lowest BCUT2D eigenvalue weighted by atomic mass is 9.42. The van der Waals surface area contributed by atoms with Crippen molar-refractivity contribution in [1.29, 1.82) is 0 Å². The third-order valence-electron chi connectivity index (χ3n) is 10.4. The number of aliphatic hydroxyl groups is 2. The van der Waals surface area contributed by atoms with Gasteiger partial charge in [0.05, 0.1) is 23.2 Å². The zero-order chi connectivity index (χ0) is 22.2. The first-order valence-corrected chi connectivity index (χ1v) is 12.7. The summed E-state index contributed by atoms with van der Waals surface area (Å²) >= 11 is 4.42. The third kappa shape index (κ3) is 3.11. The highest BCUT2D eigenvalue weighted by Crippen LogP contribution is 2.70. The predicted octanol–water partition coefficient (Wildman–Crippen LogP) is 3.88. The molecule has 4 saturated carbocycles. The number of ether oxygens (including phenoxy) is 2. The number of carbonyl (C=O) groups excluding carboxylic acids is 1. The molecule has 0 aromatic rings. The largest absolute Gasteiger partial charge is 0.458 e. The SMILES string of the molecule is CC(S)O[C@H]1CC[C@@]2(C)[C@H](CC[C@@H]3[C@@H]2C[C@@H](O)[C@]2(C)[C@@H](C4=CC(=O)OC4)CC[C@]32O)C1. The Labute approximate surface area is 191 Å². The van der Waals surface area contributed by atoms with E-state index in [-0.39, 0.29) is 34.8 Å². The Morgan fingerprint density at radius 2 is 1.94 bits per heavy atom. The number of esters is 1. The van der Waals surface area contributed by atoms with Crippen molar-refractivity contribution in [3.05, 3.63) is 11.6 Å². The number of carbonyl (C=O) groups is 1. The van der Waals surface area contributed by atoms with Crippen LogP contribution >= 0.6 is 12.6 Å². The van der Waals surface area contributed by atoms with Crippen molar-refractivity contribution in [3.63, 3.8) is 0 Å². The maximum absolute atomic E-state index is 12.3. The summed E-state index contributed by atoms with van der Waals surface area (Å²) in [7, 11) is 0. The second kappa shape index (κ2) is 7.48. The third-order valence-corrected chi connectivity index (χ3v) is 10.5. The number of thiol groups is 1. The van der Waals surface area contributed by atoms with Crippen LogP contribution in [0.15, 0.2) is 11.6 Å². The Balaban J connectivity index is 1.43. The summed E-state index contributed by atoms with van der Waals surface area (Å²) in [6.07, 6.45) is 8.83. The van der Waals surface area contributed by atoms with Gasteiger partial charge < -0.3 is 19.7 Å². The van der Waals surface area contributed by atoms with Crippen LogP contribution in [0.25, 0.3) is 0 Å². The van der Waals surface area contributed by atoms with Crippen LogP contribution in [0, 0.1) is 34.5 Å². The van der Waals surface area contributed by atoms with Crippen LogP contribution in [-0.4, -0.2) is 46.0 Å². The zero-order valence-corrected chi connectivity index (χ0v) is 19.9. The number of fused-ring (bicyclic) bond motifs is 5. The van der Waals surface area contributed by atoms with Gasteiger partial charge in [-0.1, -0.05) is 13.8 Å². The summed E-state index contributed by atoms with van der Waals surface area (Å²) in [5.74, 6) is 0.807. The molecule has 5 rings (SSSR count). The Bertz CT molecular complexity index is 782. The minimum Gasteiger partial charge on any atom is -0.458 e. The smallest absolute Gasteiger partial charge is 0.331 e. The van der Waals surface area contributed by atoms with E-state index in [0.717, 1.165) is 50.5 Å². The monoisotopic (exact) mass is 450 g/mol. The van der Waals surface area contributed by atoms with Crippen molar-refractivity contribution in [2.24, 2.45) is 34.5 Å². The first-order valence-electron chi connectivity index (χ1n) is 12.2. The lowest BCUT2D eigenvalue weighted by molar-refractivity contribution is -0.245. The molecule has 0 aromatic heterocycles. The van der Waals surface area contributed by atoms with Gasteiger partial charge >= 0.3 is 5.97 Å². The fraction of sp³-hybridized carbons (Fsp3) is 0.880. The summed E-state index contributed by atoms with van der Waals surface area (Å²) in [6, 6.07) is 0. The lowest BCUT2D eigenvalue weighted by Gasteiger charge is -2.65. The van der Waals surface area contributed by atoms with E-state index in [9.17, 15) is 15.0 Å². The Hall–Kier alpha value is -0.560. The molecule has 10 atom stereocenters. The summed E-state index contributed by atoms with van der Waals surface area (Å²) in [5.41, 5.74) is -0.476. The highest BCUT2D eigenvalue weighted by molar-refractivity contribution is 7.80. The van der Waals surface area contributed by atoms with E-state index in [2.05, 4.69) is 26.5 Å². The minimum atomic E-state index is -0.895. The van der Waals surface area contributed by atoms with Crippen LogP contribution in [0.1, 0.15) is 72.1 Å². The van der Waals surface area contributed by atoms with E-state index in [1.165, 1.54) is 0 Å². The molecule has 0 bridgehead atoms. The molecule has 0 saturated heterocycles. The molecule has 2 N–H and O–H groups in total. The summed E-state index contributed by atoms with van der Waals surface area (Å²) < 4.78 is 11.2. The van der Waals surface area contributed by atoms with E-state index < -0.39 is 17.1 Å². The quantitative estimate of drug-likeness (QED) is 0.346. The van der Waals surface area contributed by atoms with Crippen LogP contribution in [0.2, 0.25) is 0 Å².